The standard InChI is InChI=1S/C20H38B2O4/c1-16(2,3)14-15(22-25-19(8,9)20(10,11)26-22)12-13-21-23-17(4,5)18(6,7)24-21/h14H,12-13H2,1-11H3/b15-14+. The summed E-state index contributed by atoms with van der Waals surface area (Å²) in [4.78, 5) is 0. The molecule has 0 aromatic rings. The largest absolute Gasteiger partial charge is 0.490 e. The molecule has 0 saturated carbocycles. The average Bonchev–Trinajstić information content (AvgIpc) is 2.72. The van der Waals surface area contributed by atoms with Gasteiger partial charge in [0.2, 0.25) is 0 Å². The quantitative estimate of drug-likeness (QED) is 0.653. The van der Waals surface area contributed by atoms with Crippen LogP contribution in [0.2, 0.25) is 6.32 Å². The first kappa shape index (κ1) is 22.0. The zero-order valence-electron chi connectivity index (χ0n) is 18.8. The molecule has 2 aliphatic rings. The first-order chi connectivity index (χ1) is 11.5. The van der Waals surface area contributed by atoms with Gasteiger partial charge in [-0.2, -0.15) is 0 Å². The van der Waals surface area contributed by atoms with Crippen molar-refractivity contribution in [2.24, 2.45) is 5.41 Å². The van der Waals surface area contributed by atoms with Crippen LogP contribution in [-0.2, 0) is 18.6 Å². The summed E-state index contributed by atoms with van der Waals surface area (Å²) in [6.07, 6.45) is 3.89. The van der Waals surface area contributed by atoms with E-state index < -0.39 is 0 Å². The second-order valence-electron chi connectivity index (χ2n) is 10.9. The van der Waals surface area contributed by atoms with Crippen LogP contribution in [0.25, 0.3) is 0 Å². The summed E-state index contributed by atoms with van der Waals surface area (Å²) in [6, 6.07) is 0. The summed E-state index contributed by atoms with van der Waals surface area (Å²) in [5.41, 5.74) is -0.0376. The smallest absolute Gasteiger partial charge is 0.403 e. The summed E-state index contributed by atoms with van der Waals surface area (Å²) in [6.45, 7) is 23.3. The van der Waals surface area contributed by atoms with Crippen LogP contribution in [0.4, 0.5) is 0 Å². The molecule has 0 atom stereocenters. The molecule has 2 rings (SSSR count). The Kier molecular flexibility index (Phi) is 5.63. The monoisotopic (exact) mass is 364 g/mol. The Balaban J connectivity index is 2.13. The van der Waals surface area contributed by atoms with E-state index in [1.807, 2.05) is 0 Å². The van der Waals surface area contributed by atoms with Gasteiger partial charge in [0.25, 0.3) is 0 Å². The molecule has 2 heterocycles. The number of hydrogen-bond acceptors (Lipinski definition) is 4. The van der Waals surface area contributed by atoms with Crippen molar-refractivity contribution in [1.29, 1.82) is 0 Å². The van der Waals surface area contributed by atoms with Crippen molar-refractivity contribution in [2.75, 3.05) is 0 Å². The number of allylic oxidation sites excluding steroid dienone is 2. The SMILES string of the molecule is CC(C)(C)/C=C(\CCB1OC(C)(C)C(C)(C)O1)B1OC(C)(C)C(C)(C)O1. The van der Waals surface area contributed by atoms with Crippen molar-refractivity contribution >= 4 is 14.2 Å². The lowest BCUT2D eigenvalue weighted by atomic mass is 9.68. The Morgan fingerprint density at radius 3 is 1.50 bits per heavy atom. The molecule has 0 unspecified atom stereocenters. The third-order valence-corrected chi connectivity index (χ3v) is 6.15. The molecular formula is C20H38B2O4. The van der Waals surface area contributed by atoms with Gasteiger partial charge in [-0.05, 0) is 79.0 Å². The maximum atomic E-state index is 6.30. The van der Waals surface area contributed by atoms with Gasteiger partial charge in [-0.3, -0.25) is 0 Å². The molecule has 0 aromatic carbocycles. The summed E-state index contributed by atoms with van der Waals surface area (Å²) in [5.74, 6) is 0. The fourth-order valence-electron chi connectivity index (χ4n) is 3.18. The first-order valence-corrected chi connectivity index (χ1v) is 9.89. The maximum absolute atomic E-state index is 6.30. The number of rotatable bonds is 4. The van der Waals surface area contributed by atoms with E-state index in [2.05, 4.69) is 82.2 Å². The molecule has 4 nitrogen and oxygen atoms in total. The molecule has 2 saturated heterocycles. The van der Waals surface area contributed by atoms with Crippen LogP contribution in [0.15, 0.2) is 11.5 Å². The fourth-order valence-corrected chi connectivity index (χ4v) is 3.18. The van der Waals surface area contributed by atoms with E-state index in [4.69, 9.17) is 18.6 Å². The molecular weight excluding hydrogens is 326 g/mol. The van der Waals surface area contributed by atoms with Gasteiger partial charge in [0.15, 0.2) is 0 Å². The Morgan fingerprint density at radius 1 is 0.731 bits per heavy atom. The molecule has 26 heavy (non-hydrogen) atoms. The Labute approximate surface area is 161 Å². The van der Waals surface area contributed by atoms with Gasteiger partial charge < -0.3 is 18.6 Å². The van der Waals surface area contributed by atoms with Crippen molar-refractivity contribution < 1.29 is 18.6 Å². The Morgan fingerprint density at radius 2 is 1.12 bits per heavy atom. The first-order valence-electron chi connectivity index (χ1n) is 9.89. The minimum atomic E-state index is -0.334. The molecule has 0 aliphatic carbocycles. The Hall–Kier alpha value is -0.290. The van der Waals surface area contributed by atoms with Gasteiger partial charge in [-0.25, -0.2) is 0 Å². The van der Waals surface area contributed by atoms with Gasteiger partial charge in [-0.15, -0.1) is 0 Å². The van der Waals surface area contributed by atoms with E-state index in [1.54, 1.807) is 0 Å². The van der Waals surface area contributed by atoms with E-state index in [0.29, 0.717) is 0 Å². The van der Waals surface area contributed by atoms with E-state index >= 15 is 0 Å². The van der Waals surface area contributed by atoms with Crippen LogP contribution < -0.4 is 0 Å². The third-order valence-electron chi connectivity index (χ3n) is 6.15. The highest BCUT2D eigenvalue weighted by atomic mass is 16.7. The van der Waals surface area contributed by atoms with Gasteiger partial charge in [0, 0.05) is 0 Å². The highest BCUT2D eigenvalue weighted by Gasteiger charge is 2.54. The molecule has 0 amide bonds. The zero-order valence-corrected chi connectivity index (χ0v) is 18.8. The van der Waals surface area contributed by atoms with Crippen LogP contribution >= 0.6 is 0 Å². The molecule has 148 valence electrons. The van der Waals surface area contributed by atoms with Crippen LogP contribution in [0.1, 0.15) is 82.6 Å². The Bertz CT molecular complexity index is 527. The van der Waals surface area contributed by atoms with Crippen LogP contribution in [0, 0.1) is 5.41 Å². The van der Waals surface area contributed by atoms with E-state index in [-0.39, 0.29) is 42.1 Å². The lowest BCUT2D eigenvalue weighted by Crippen LogP contribution is -2.41. The molecule has 0 spiro atoms. The van der Waals surface area contributed by atoms with Crippen molar-refractivity contribution in [3.05, 3.63) is 11.5 Å². The van der Waals surface area contributed by atoms with Crippen LogP contribution in [0.3, 0.4) is 0 Å². The second kappa shape index (κ2) is 6.65. The van der Waals surface area contributed by atoms with Crippen molar-refractivity contribution in [3.63, 3.8) is 0 Å². The van der Waals surface area contributed by atoms with Crippen LogP contribution in [0.5, 0.6) is 0 Å². The zero-order chi connectivity index (χ0) is 20.2. The second-order valence-corrected chi connectivity index (χ2v) is 10.9. The van der Waals surface area contributed by atoms with E-state index in [1.165, 1.54) is 5.47 Å². The lowest BCUT2D eigenvalue weighted by molar-refractivity contribution is 0.00578. The van der Waals surface area contributed by atoms with E-state index in [0.717, 1.165) is 12.7 Å². The lowest BCUT2D eigenvalue weighted by Gasteiger charge is -2.32. The normalized spacial score (nSPS) is 27.3. The molecule has 6 heteroatoms. The topological polar surface area (TPSA) is 36.9 Å². The highest BCUT2D eigenvalue weighted by Crippen LogP contribution is 2.42. The van der Waals surface area contributed by atoms with Gasteiger partial charge in [0.1, 0.15) is 0 Å². The highest BCUT2D eigenvalue weighted by molar-refractivity contribution is 6.55. The summed E-state index contributed by atoms with van der Waals surface area (Å²) >= 11 is 0. The van der Waals surface area contributed by atoms with Crippen molar-refractivity contribution in [3.8, 4) is 0 Å². The molecule has 0 bridgehead atoms. The molecule has 2 fully saturated rings. The van der Waals surface area contributed by atoms with E-state index in [9.17, 15) is 0 Å². The van der Waals surface area contributed by atoms with Crippen molar-refractivity contribution in [1.82, 2.24) is 0 Å². The summed E-state index contributed by atoms with van der Waals surface area (Å²) in [5, 5.41) is 0. The van der Waals surface area contributed by atoms with Crippen LogP contribution in [-0.4, -0.2) is 36.6 Å². The van der Waals surface area contributed by atoms with Gasteiger partial charge >= 0.3 is 14.2 Å². The maximum Gasteiger partial charge on any atom is 0.490 e. The van der Waals surface area contributed by atoms with Gasteiger partial charge in [-0.1, -0.05) is 26.8 Å². The average molecular weight is 364 g/mol. The predicted molar refractivity (Wildman–Crippen MR) is 109 cm³/mol. The summed E-state index contributed by atoms with van der Waals surface area (Å²) < 4.78 is 24.9. The fraction of sp³-hybridized carbons (Fsp3) is 0.900. The molecule has 0 aromatic heterocycles. The molecule has 0 N–H and O–H groups in total. The minimum Gasteiger partial charge on any atom is -0.403 e. The number of hydrogen-bond donors (Lipinski definition) is 0. The van der Waals surface area contributed by atoms with Gasteiger partial charge in [0.05, 0.1) is 22.4 Å². The predicted octanol–water partition coefficient (Wildman–Crippen LogP) is 5.07. The molecule has 0 radical (unpaired) electrons. The third kappa shape index (κ3) is 4.57. The minimum absolute atomic E-state index is 0.0505. The molecule has 2 aliphatic heterocycles. The van der Waals surface area contributed by atoms with Crippen molar-refractivity contribution in [2.45, 2.75) is 111 Å². The summed E-state index contributed by atoms with van der Waals surface area (Å²) in [7, 11) is -0.521.